The number of amides is 2. The van der Waals surface area contributed by atoms with Crippen molar-refractivity contribution in [2.45, 2.75) is 0 Å². The Hall–Kier alpha value is -1.07. The molecule has 0 aliphatic carbocycles. The van der Waals surface area contributed by atoms with Crippen LogP contribution < -0.4 is 5.32 Å². The van der Waals surface area contributed by atoms with Crippen LogP contribution in [0.5, 0.6) is 0 Å². The summed E-state index contributed by atoms with van der Waals surface area (Å²) < 4.78 is 0.905. The van der Waals surface area contributed by atoms with Gasteiger partial charge in [-0.3, -0.25) is 0 Å². The number of piperazine rings is 1. The second-order valence-corrected chi connectivity index (χ2v) is 5.05. The topological polar surface area (TPSA) is 35.6 Å². The Morgan fingerprint density at radius 2 is 1.88 bits per heavy atom. The Morgan fingerprint density at radius 3 is 2.53 bits per heavy atom. The van der Waals surface area contributed by atoms with E-state index >= 15 is 0 Å². The zero-order valence-electron chi connectivity index (χ0n) is 9.82. The van der Waals surface area contributed by atoms with Crippen LogP contribution in [0, 0.1) is 0 Å². The van der Waals surface area contributed by atoms with Crippen LogP contribution in [0.25, 0.3) is 0 Å². The van der Waals surface area contributed by atoms with Crippen molar-refractivity contribution in [3.8, 4) is 0 Å². The molecule has 0 bridgehead atoms. The van der Waals surface area contributed by atoms with Crippen LogP contribution in [0.15, 0.2) is 28.7 Å². The molecule has 1 fully saturated rings. The largest absolute Gasteiger partial charge is 0.322 e. The molecule has 0 atom stereocenters. The zero-order valence-corrected chi connectivity index (χ0v) is 11.4. The van der Waals surface area contributed by atoms with Gasteiger partial charge in [0.25, 0.3) is 0 Å². The van der Waals surface area contributed by atoms with Crippen LogP contribution in [0.3, 0.4) is 0 Å². The van der Waals surface area contributed by atoms with Gasteiger partial charge in [-0.1, -0.05) is 12.1 Å². The van der Waals surface area contributed by atoms with Crippen molar-refractivity contribution in [2.75, 3.05) is 38.5 Å². The SMILES string of the molecule is CN1CCN(C(=O)Nc2ccccc2Br)CC1. The molecule has 0 aromatic heterocycles. The first-order valence-electron chi connectivity index (χ1n) is 5.66. The molecule has 0 radical (unpaired) electrons. The van der Waals surface area contributed by atoms with E-state index in [9.17, 15) is 4.79 Å². The maximum atomic E-state index is 12.0. The van der Waals surface area contributed by atoms with E-state index in [0.717, 1.165) is 36.3 Å². The molecule has 1 N–H and O–H groups in total. The third-order valence-electron chi connectivity index (χ3n) is 2.91. The van der Waals surface area contributed by atoms with Gasteiger partial charge in [0, 0.05) is 30.7 Å². The van der Waals surface area contributed by atoms with Crippen molar-refractivity contribution < 1.29 is 4.79 Å². The van der Waals surface area contributed by atoms with Crippen LogP contribution in [-0.4, -0.2) is 49.1 Å². The Morgan fingerprint density at radius 1 is 1.24 bits per heavy atom. The van der Waals surface area contributed by atoms with E-state index in [4.69, 9.17) is 0 Å². The summed E-state index contributed by atoms with van der Waals surface area (Å²) in [7, 11) is 2.07. The van der Waals surface area contributed by atoms with Crippen LogP contribution >= 0.6 is 15.9 Å². The highest BCUT2D eigenvalue weighted by atomic mass is 79.9. The van der Waals surface area contributed by atoms with E-state index < -0.39 is 0 Å². The van der Waals surface area contributed by atoms with Crippen LogP contribution in [0.1, 0.15) is 0 Å². The first-order chi connectivity index (χ1) is 8.16. The zero-order chi connectivity index (χ0) is 12.3. The molecule has 1 aliphatic rings. The summed E-state index contributed by atoms with van der Waals surface area (Å²) in [6.07, 6.45) is 0. The third kappa shape index (κ3) is 3.20. The number of hydrogen-bond acceptors (Lipinski definition) is 2. The highest BCUT2D eigenvalue weighted by Crippen LogP contribution is 2.21. The normalized spacial score (nSPS) is 16.9. The van der Waals surface area contributed by atoms with Crippen LogP contribution in [-0.2, 0) is 0 Å². The number of carbonyl (C=O) groups excluding carboxylic acids is 1. The lowest BCUT2D eigenvalue weighted by atomic mass is 10.3. The lowest BCUT2D eigenvalue weighted by Gasteiger charge is -2.32. The van der Waals surface area contributed by atoms with Crippen molar-refractivity contribution in [2.24, 2.45) is 0 Å². The number of carbonyl (C=O) groups is 1. The maximum Gasteiger partial charge on any atom is 0.321 e. The molecule has 1 aromatic carbocycles. The van der Waals surface area contributed by atoms with Gasteiger partial charge in [-0.25, -0.2) is 4.79 Å². The van der Waals surface area contributed by atoms with Crippen LogP contribution in [0.2, 0.25) is 0 Å². The second-order valence-electron chi connectivity index (χ2n) is 4.20. The van der Waals surface area contributed by atoms with Crippen molar-refractivity contribution in [1.29, 1.82) is 0 Å². The number of urea groups is 1. The van der Waals surface area contributed by atoms with Gasteiger partial charge in [0.2, 0.25) is 0 Å². The van der Waals surface area contributed by atoms with E-state index in [-0.39, 0.29) is 6.03 Å². The molecule has 92 valence electrons. The average Bonchev–Trinajstić information content (AvgIpc) is 2.33. The summed E-state index contributed by atoms with van der Waals surface area (Å²) in [5.74, 6) is 0. The quantitative estimate of drug-likeness (QED) is 0.863. The van der Waals surface area contributed by atoms with E-state index in [0.29, 0.717) is 0 Å². The number of rotatable bonds is 1. The van der Waals surface area contributed by atoms with E-state index in [1.807, 2.05) is 29.2 Å². The van der Waals surface area contributed by atoms with Crippen molar-refractivity contribution >= 4 is 27.6 Å². The molecule has 5 heteroatoms. The molecule has 4 nitrogen and oxygen atoms in total. The maximum absolute atomic E-state index is 12.0. The number of nitrogens with zero attached hydrogens (tertiary/aromatic N) is 2. The summed E-state index contributed by atoms with van der Waals surface area (Å²) in [6.45, 7) is 3.44. The first kappa shape index (κ1) is 12.4. The predicted molar refractivity (Wildman–Crippen MR) is 72.2 cm³/mol. The lowest BCUT2D eigenvalue weighted by Crippen LogP contribution is -2.48. The fourth-order valence-electron chi connectivity index (χ4n) is 1.77. The van der Waals surface area contributed by atoms with Crippen molar-refractivity contribution in [3.05, 3.63) is 28.7 Å². The minimum atomic E-state index is -0.0231. The number of likely N-dealkylation sites (N-methyl/N-ethyl adjacent to an activating group) is 1. The van der Waals surface area contributed by atoms with Gasteiger partial charge in [-0.2, -0.15) is 0 Å². The average molecular weight is 298 g/mol. The number of para-hydroxylation sites is 1. The molecule has 0 spiro atoms. The van der Waals surface area contributed by atoms with Gasteiger partial charge in [0.15, 0.2) is 0 Å². The third-order valence-corrected chi connectivity index (χ3v) is 3.60. The predicted octanol–water partition coefficient (Wildman–Crippen LogP) is 2.23. The molecule has 1 saturated heterocycles. The minimum absolute atomic E-state index is 0.0231. The molecule has 17 heavy (non-hydrogen) atoms. The Balaban J connectivity index is 1.95. The minimum Gasteiger partial charge on any atom is -0.322 e. The number of halogens is 1. The van der Waals surface area contributed by atoms with Crippen LogP contribution in [0.4, 0.5) is 10.5 Å². The highest BCUT2D eigenvalue weighted by Gasteiger charge is 2.19. The lowest BCUT2D eigenvalue weighted by molar-refractivity contribution is 0.164. The number of hydrogen-bond donors (Lipinski definition) is 1. The van der Waals surface area contributed by atoms with Crippen molar-refractivity contribution in [1.82, 2.24) is 9.80 Å². The molecule has 1 heterocycles. The van der Waals surface area contributed by atoms with Gasteiger partial charge >= 0.3 is 6.03 Å². The molecule has 2 amide bonds. The number of benzene rings is 1. The summed E-state index contributed by atoms with van der Waals surface area (Å²) in [5, 5.41) is 2.92. The van der Waals surface area contributed by atoms with Gasteiger partial charge in [-0.15, -0.1) is 0 Å². The molecular weight excluding hydrogens is 282 g/mol. The second kappa shape index (κ2) is 5.51. The summed E-state index contributed by atoms with van der Waals surface area (Å²) in [4.78, 5) is 16.1. The monoisotopic (exact) mass is 297 g/mol. The Kier molecular flexibility index (Phi) is 4.02. The van der Waals surface area contributed by atoms with E-state index in [1.54, 1.807) is 0 Å². The number of nitrogens with one attached hydrogen (secondary N) is 1. The van der Waals surface area contributed by atoms with Gasteiger partial charge in [0.05, 0.1) is 5.69 Å². The molecule has 1 aromatic rings. The summed E-state index contributed by atoms with van der Waals surface area (Å²) in [5.41, 5.74) is 0.816. The smallest absolute Gasteiger partial charge is 0.321 e. The van der Waals surface area contributed by atoms with Crippen molar-refractivity contribution in [3.63, 3.8) is 0 Å². The van der Waals surface area contributed by atoms with Gasteiger partial charge in [0.1, 0.15) is 0 Å². The Labute approximate surface area is 110 Å². The van der Waals surface area contributed by atoms with Gasteiger partial charge in [-0.05, 0) is 35.1 Å². The molecule has 1 aliphatic heterocycles. The first-order valence-corrected chi connectivity index (χ1v) is 6.45. The molecular formula is C12H16BrN3O. The Bertz CT molecular complexity index is 402. The fourth-order valence-corrected chi connectivity index (χ4v) is 2.15. The van der Waals surface area contributed by atoms with Gasteiger partial charge < -0.3 is 15.1 Å². The summed E-state index contributed by atoms with van der Waals surface area (Å²) in [6, 6.07) is 7.61. The van der Waals surface area contributed by atoms with E-state index in [1.165, 1.54) is 0 Å². The molecule has 0 saturated carbocycles. The fraction of sp³-hybridized carbons (Fsp3) is 0.417. The number of anilines is 1. The summed E-state index contributed by atoms with van der Waals surface area (Å²) >= 11 is 3.42. The molecule has 0 unspecified atom stereocenters. The molecule has 2 rings (SSSR count). The standard InChI is InChI=1S/C12H16BrN3O/c1-15-6-8-16(9-7-15)12(17)14-11-5-3-2-4-10(11)13/h2-5H,6-9H2,1H3,(H,14,17). The van der Waals surface area contributed by atoms with E-state index in [2.05, 4.69) is 33.2 Å². The highest BCUT2D eigenvalue weighted by molar-refractivity contribution is 9.10.